The number of thioether (sulfide) groups is 1. The summed E-state index contributed by atoms with van der Waals surface area (Å²) in [6.07, 6.45) is 7.95. The summed E-state index contributed by atoms with van der Waals surface area (Å²) in [5.41, 5.74) is 8.70. The molecule has 0 saturated heterocycles. The van der Waals surface area contributed by atoms with Gasteiger partial charge in [-0.3, -0.25) is 0 Å². The van der Waals surface area contributed by atoms with Crippen LogP contribution in [0.4, 0.5) is 5.69 Å². The van der Waals surface area contributed by atoms with Crippen molar-refractivity contribution in [2.24, 2.45) is 0 Å². The molecule has 3 aromatic rings. The van der Waals surface area contributed by atoms with Crippen molar-refractivity contribution in [3.05, 3.63) is 125 Å². The van der Waals surface area contributed by atoms with E-state index in [2.05, 4.69) is 28.1 Å². The maximum atomic E-state index is 12.6. The van der Waals surface area contributed by atoms with Crippen LogP contribution in [-0.4, -0.2) is 0 Å². The molecule has 0 amide bonds. The molecule has 1 aliphatic carbocycles. The van der Waals surface area contributed by atoms with E-state index in [-0.39, 0.29) is 28.1 Å². The minimum atomic E-state index is 0. The van der Waals surface area contributed by atoms with E-state index in [0.29, 0.717) is 6.42 Å². The van der Waals surface area contributed by atoms with E-state index in [0.717, 1.165) is 26.2 Å². The quantitative estimate of drug-likeness (QED) is 0.139. The van der Waals surface area contributed by atoms with E-state index in [9.17, 15) is 5.11 Å². The Kier molecular flexibility index (Phi) is 10.2. The number of nitrogens with two attached hydrogens (primary N) is 1. The van der Waals surface area contributed by atoms with E-state index in [4.69, 9.17) is 5.73 Å². The summed E-state index contributed by atoms with van der Waals surface area (Å²) in [5.74, 6) is 0.148. The van der Waals surface area contributed by atoms with Crippen molar-refractivity contribution < 1.29 is 22.2 Å². The van der Waals surface area contributed by atoms with Crippen LogP contribution in [0.15, 0.2) is 124 Å². The molecule has 1 aliphatic rings. The van der Waals surface area contributed by atoms with Gasteiger partial charge in [0, 0.05) is 20.3 Å². The molecule has 0 radical (unpaired) electrons. The SMILES string of the molecule is Nc1ccccc1SC(CC([O-])=C1C=CC=C1)c1ccc(Br)cc1.[Fe+2].c1cc[cH-]c1. The van der Waals surface area contributed by atoms with Gasteiger partial charge in [-0.1, -0.05) is 64.5 Å². The van der Waals surface area contributed by atoms with Crippen LogP contribution in [0.3, 0.4) is 0 Å². The Labute approximate surface area is 201 Å². The summed E-state index contributed by atoms with van der Waals surface area (Å²) >= 11 is 5.10. The molecule has 2 nitrogen and oxygen atoms in total. The number of halogens is 1. The first-order valence-electron chi connectivity index (χ1n) is 9.31. The van der Waals surface area contributed by atoms with Crippen LogP contribution >= 0.6 is 27.7 Å². The Hall–Kier alpha value is -2.04. The van der Waals surface area contributed by atoms with Crippen molar-refractivity contribution in [2.75, 3.05) is 5.73 Å². The Morgan fingerprint density at radius 3 is 2.17 bits per heavy atom. The van der Waals surface area contributed by atoms with Crippen LogP contribution in [0.25, 0.3) is 0 Å². The number of nitrogen functional groups attached to an aromatic ring is 1. The summed E-state index contributed by atoms with van der Waals surface area (Å²) in [6, 6.07) is 25.9. The zero-order valence-electron chi connectivity index (χ0n) is 16.2. The van der Waals surface area contributed by atoms with Gasteiger partial charge in [0.15, 0.2) is 0 Å². The molecule has 5 heteroatoms. The van der Waals surface area contributed by atoms with Crippen LogP contribution in [-0.2, 0) is 17.1 Å². The topological polar surface area (TPSA) is 49.1 Å². The number of para-hydroxylation sites is 1. The zero-order valence-corrected chi connectivity index (χ0v) is 19.7. The van der Waals surface area contributed by atoms with Gasteiger partial charge in [0.05, 0.1) is 0 Å². The molecule has 2 N–H and O–H groups in total. The molecular formula is C25H22BrFeNOS. The van der Waals surface area contributed by atoms with Crippen molar-refractivity contribution in [3.8, 4) is 0 Å². The predicted octanol–water partition coefficient (Wildman–Crippen LogP) is 6.40. The number of anilines is 1. The van der Waals surface area contributed by atoms with Crippen molar-refractivity contribution in [1.82, 2.24) is 0 Å². The second-order valence-corrected chi connectivity index (χ2v) is 8.62. The average Bonchev–Trinajstić information content (AvgIpc) is 3.46. The summed E-state index contributed by atoms with van der Waals surface area (Å²) in [6.45, 7) is 0. The third-order valence-electron chi connectivity index (χ3n) is 4.34. The molecule has 1 unspecified atom stereocenters. The molecule has 154 valence electrons. The Morgan fingerprint density at radius 1 is 0.967 bits per heavy atom. The largest absolute Gasteiger partial charge is 2.00 e. The van der Waals surface area contributed by atoms with Gasteiger partial charge in [0.25, 0.3) is 0 Å². The third kappa shape index (κ3) is 7.33. The molecular weight excluding hydrogens is 498 g/mol. The van der Waals surface area contributed by atoms with E-state index < -0.39 is 0 Å². The Balaban J connectivity index is 0.000000468. The molecule has 4 rings (SSSR count). The van der Waals surface area contributed by atoms with Gasteiger partial charge in [-0.15, -0.1) is 17.5 Å². The summed E-state index contributed by atoms with van der Waals surface area (Å²) in [5, 5.41) is 12.6. The van der Waals surface area contributed by atoms with Gasteiger partial charge in [0.1, 0.15) is 0 Å². The maximum Gasteiger partial charge on any atom is 2.00 e. The van der Waals surface area contributed by atoms with E-state index in [1.54, 1.807) is 11.8 Å². The zero-order chi connectivity index (χ0) is 20.5. The summed E-state index contributed by atoms with van der Waals surface area (Å²) in [7, 11) is 0. The van der Waals surface area contributed by atoms with Gasteiger partial charge in [0.2, 0.25) is 0 Å². The smallest absolute Gasteiger partial charge is 0.875 e. The third-order valence-corrected chi connectivity index (χ3v) is 6.22. The van der Waals surface area contributed by atoms with E-state index in [1.807, 2.05) is 91.0 Å². The molecule has 0 spiro atoms. The van der Waals surface area contributed by atoms with Crippen LogP contribution in [0.5, 0.6) is 0 Å². The Bertz CT molecular complexity index is 963. The maximum absolute atomic E-state index is 12.6. The van der Waals surface area contributed by atoms with Crippen molar-refractivity contribution >= 4 is 33.4 Å². The first-order valence-corrected chi connectivity index (χ1v) is 11.0. The fourth-order valence-electron chi connectivity index (χ4n) is 2.81. The fourth-order valence-corrected chi connectivity index (χ4v) is 4.27. The predicted molar refractivity (Wildman–Crippen MR) is 126 cm³/mol. The van der Waals surface area contributed by atoms with Crippen LogP contribution in [0.1, 0.15) is 17.2 Å². The first-order chi connectivity index (χ1) is 14.1. The number of hydrogen-bond acceptors (Lipinski definition) is 3. The number of hydrogen-bond donors (Lipinski definition) is 1. The van der Waals surface area contributed by atoms with E-state index >= 15 is 0 Å². The molecule has 0 bridgehead atoms. The molecule has 30 heavy (non-hydrogen) atoms. The summed E-state index contributed by atoms with van der Waals surface area (Å²) < 4.78 is 1.02. The normalized spacial score (nSPS) is 12.6. The standard InChI is InChI=1S/C20H18BrNOS.C5H5.Fe/c21-16-11-9-15(10-12-16)20(13-18(23)14-5-1-2-6-14)24-19-8-4-3-7-17(19)22;1-2-4-5-3-1;/h1-12,20,23H,13,22H2;1-5H;/q;-1;+2/p-1. The second-order valence-electron chi connectivity index (χ2n) is 6.46. The minimum Gasteiger partial charge on any atom is -0.875 e. The van der Waals surface area contributed by atoms with Gasteiger partial charge >= 0.3 is 17.1 Å². The average molecular weight is 520 g/mol. The first kappa shape index (κ1) is 24.2. The van der Waals surface area contributed by atoms with Crippen molar-refractivity contribution in [3.63, 3.8) is 0 Å². The van der Waals surface area contributed by atoms with Crippen molar-refractivity contribution in [1.29, 1.82) is 0 Å². The monoisotopic (exact) mass is 519 g/mol. The van der Waals surface area contributed by atoms with E-state index in [1.165, 1.54) is 0 Å². The molecule has 0 heterocycles. The number of allylic oxidation sites excluding steroid dienone is 6. The number of rotatable bonds is 5. The molecule has 3 aromatic carbocycles. The van der Waals surface area contributed by atoms with Gasteiger partial charge in [-0.05, 0) is 41.8 Å². The Morgan fingerprint density at radius 2 is 1.60 bits per heavy atom. The van der Waals surface area contributed by atoms with Crippen LogP contribution < -0.4 is 10.8 Å². The van der Waals surface area contributed by atoms with Gasteiger partial charge in [-0.25, -0.2) is 12.1 Å². The van der Waals surface area contributed by atoms with Crippen LogP contribution in [0, 0.1) is 0 Å². The molecule has 0 saturated carbocycles. The molecule has 0 aliphatic heterocycles. The molecule has 1 atom stereocenters. The van der Waals surface area contributed by atoms with Gasteiger partial charge in [-0.2, -0.15) is 18.2 Å². The fraction of sp³-hybridized carbons (Fsp3) is 0.0800. The molecule has 0 fully saturated rings. The molecule has 0 aromatic heterocycles. The van der Waals surface area contributed by atoms with Crippen LogP contribution in [0.2, 0.25) is 0 Å². The van der Waals surface area contributed by atoms with Crippen molar-refractivity contribution in [2.45, 2.75) is 16.6 Å². The van der Waals surface area contributed by atoms with Gasteiger partial charge < -0.3 is 10.8 Å². The minimum absolute atomic E-state index is 0. The summed E-state index contributed by atoms with van der Waals surface area (Å²) in [4.78, 5) is 1.00. The number of benzene rings is 2. The second kappa shape index (κ2) is 12.6.